The summed E-state index contributed by atoms with van der Waals surface area (Å²) in [6.45, 7) is 4.48. The Bertz CT molecular complexity index is 1250. The first-order chi connectivity index (χ1) is 16.5. The highest BCUT2D eigenvalue weighted by Crippen LogP contribution is 2.42. The molecule has 1 amide bonds. The Morgan fingerprint density at radius 1 is 1.09 bits per heavy atom. The summed E-state index contributed by atoms with van der Waals surface area (Å²) >= 11 is 0. The van der Waals surface area contributed by atoms with Crippen molar-refractivity contribution in [2.24, 2.45) is 0 Å². The molecule has 7 nitrogen and oxygen atoms in total. The second-order valence-electron chi connectivity index (χ2n) is 7.98. The molecule has 0 radical (unpaired) electrons. The van der Waals surface area contributed by atoms with E-state index in [2.05, 4.69) is 4.98 Å². The molecule has 1 aliphatic rings. The number of Topliss-reactive ketones (excluding diaryl/α,β-unsaturated/α-hetero) is 1. The number of methoxy groups -OCH3 is 1. The first-order valence-electron chi connectivity index (χ1n) is 11.0. The van der Waals surface area contributed by atoms with Gasteiger partial charge in [0, 0.05) is 29.7 Å². The highest BCUT2D eigenvalue weighted by atomic mass is 16.5. The molecule has 7 heteroatoms. The van der Waals surface area contributed by atoms with E-state index in [1.54, 1.807) is 67.0 Å². The molecule has 0 aliphatic carbocycles. The second-order valence-corrected chi connectivity index (χ2v) is 7.98. The molecular formula is C27H26N2O5. The zero-order valence-electron chi connectivity index (χ0n) is 19.3. The van der Waals surface area contributed by atoms with Gasteiger partial charge >= 0.3 is 0 Å². The van der Waals surface area contributed by atoms with Crippen LogP contribution in [-0.2, 0) is 9.59 Å². The van der Waals surface area contributed by atoms with Gasteiger partial charge in [-0.1, -0.05) is 13.0 Å². The number of ether oxygens (including phenoxy) is 2. The number of nitrogens with zero attached hydrogens (tertiary/aromatic N) is 2. The Kier molecular flexibility index (Phi) is 6.63. The summed E-state index contributed by atoms with van der Waals surface area (Å²) in [7, 11) is 1.53. The lowest BCUT2D eigenvalue weighted by molar-refractivity contribution is -0.132. The van der Waals surface area contributed by atoms with Crippen LogP contribution in [0.15, 0.2) is 72.6 Å². The summed E-state index contributed by atoms with van der Waals surface area (Å²) < 4.78 is 11.0. The average molecular weight is 459 g/mol. The molecule has 1 N–H and O–H groups in total. The fraction of sp³-hybridized carbons (Fsp3) is 0.222. The zero-order chi connectivity index (χ0) is 24.2. The first kappa shape index (κ1) is 23.0. The van der Waals surface area contributed by atoms with E-state index < -0.39 is 17.7 Å². The maximum atomic E-state index is 13.3. The number of aromatic nitrogens is 1. The minimum Gasteiger partial charge on any atom is -0.507 e. The van der Waals surface area contributed by atoms with Crippen LogP contribution in [-0.4, -0.2) is 35.5 Å². The van der Waals surface area contributed by atoms with Gasteiger partial charge in [0.2, 0.25) is 0 Å². The Morgan fingerprint density at radius 3 is 2.53 bits per heavy atom. The minimum atomic E-state index is -0.827. The summed E-state index contributed by atoms with van der Waals surface area (Å²) in [4.78, 5) is 31.9. The molecule has 0 saturated carbocycles. The smallest absolute Gasteiger partial charge is 0.300 e. The van der Waals surface area contributed by atoms with Crippen LogP contribution < -0.4 is 14.4 Å². The molecule has 174 valence electrons. The number of aliphatic hydroxyl groups is 1. The molecule has 2 heterocycles. The summed E-state index contributed by atoms with van der Waals surface area (Å²) in [6, 6.07) is 14.7. The van der Waals surface area contributed by atoms with Gasteiger partial charge in [-0.2, -0.15) is 0 Å². The second kappa shape index (κ2) is 9.79. The summed E-state index contributed by atoms with van der Waals surface area (Å²) in [6.07, 6.45) is 4.05. The molecule has 34 heavy (non-hydrogen) atoms. The van der Waals surface area contributed by atoms with E-state index in [9.17, 15) is 14.7 Å². The Hall–Kier alpha value is -4.13. The van der Waals surface area contributed by atoms with E-state index in [0.717, 1.165) is 12.0 Å². The van der Waals surface area contributed by atoms with Crippen molar-refractivity contribution in [1.29, 1.82) is 0 Å². The molecule has 0 spiro atoms. The predicted octanol–water partition coefficient (Wildman–Crippen LogP) is 4.81. The van der Waals surface area contributed by atoms with Gasteiger partial charge in [0.05, 0.1) is 25.3 Å². The van der Waals surface area contributed by atoms with Gasteiger partial charge in [0.1, 0.15) is 17.3 Å². The number of anilines is 1. The number of amides is 1. The fourth-order valence-corrected chi connectivity index (χ4v) is 4.05. The number of rotatable bonds is 7. The van der Waals surface area contributed by atoms with Crippen LogP contribution in [0.5, 0.6) is 11.5 Å². The lowest BCUT2D eigenvalue weighted by atomic mass is 9.95. The van der Waals surface area contributed by atoms with Crippen LogP contribution in [0.25, 0.3) is 5.76 Å². The highest BCUT2D eigenvalue weighted by molar-refractivity contribution is 6.51. The third kappa shape index (κ3) is 4.24. The van der Waals surface area contributed by atoms with Gasteiger partial charge in [-0.25, -0.2) is 0 Å². The molecule has 1 atom stereocenters. The van der Waals surface area contributed by atoms with Crippen molar-refractivity contribution in [2.75, 3.05) is 18.6 Å². The molecule has 1 unspecified atom stereocenters. The normalized spacial score (nSPS) is 17.1. The van der Waals surface area contributed by atoms with Gasteiger partial charge in [0.15, 0.2) is 0 Å². The maximum absolute atomic E-state index is 13.3. The topological polar surface area (TPSA) is 89.0 Å². The lowest BCUT2D eigenvalue weighted by Gasteiger charge is -2.25. The van der Waals surface area contributed by atoms with E-state index in [1.165, 1.54) is 12.0 Å². The van der Waals surface area contributed by atoms with Crippen LogP contribution in [0.4, 0.5) is 5.69 Å². The van der Waals surface area contributed by atoms with Gasteiger partial charge in [-0.3, -0.25) is 19.5 Å². The Balaban J connectivity index is 1.86. The molecule has 1 fully saturated rings. The van der Waals surface area contributed by atoms with Crippen LogP contribution >= 0.6 is 0 Å². The maximum Gasteiger partial charge on any atom is 0.300 e. The molecule has 4 rings (SSSR count). The number of aliphatic hydroxyl groups excluding tert-OH is 1. The van der Waals surface area contributed by atoms with Crippen LogP contribution in [0, 0.1) is 6.92 Å². The van der Waals surface area contributed by atoms with Gasteiger partial charge in [-0.15, -0.1) is 0 Å². The monoisotopic (exact) mass is 458 g/mol. The third-order valence-electron chi connectivity index (χ3n) is 5.71. The van der Waals surface area contributed by atoms with Crippen molar-refractivity contribution < 1.29 is 24.2 Å². The van der Waals surface area contributed by atoms with Crippen LogP contribution in [0.3, 0.4) is 0 Å². The number of benzene rings is 2. The highest BCUT2D eigenvalue weighted by Gasteiger charge is 2.47. The molecular weight excluding hydrogens is 432 g/mol. The molecule has 1 aromatic heterocycles. The lowest BCUT2D eigenvalue weighted by Crippen LogP contribution is -2.29. The van der Waals surface area contributed by atoms with Crippen molar-refractivity contribution >= 4 is 23.1 Å². The Morgan fingerprint density at radius 2 is 1.85 bits per heavy atom. The number of carbonyl (C=O) groups is 2. The summed E-state index contributed by atoms with van der Waals surface area (Å²) in [5.74, 6) is -0.467. The molecule has 1 saturated heterocycles. The fourth-order valence-electron chi connectivity index (χ4n) is 4.05. The largest absolute Gasteiger partial charge is 0.507 e. The first-order valence-corrected chi connectivity index (χ1v) is 11.0. The van der Waals surface area contributed by atoms with E-state index in [-0.39, 0.29) is 11.3 Å². The van der Waals surface area contributed by atoms with Crippen molar-refractivity contribution in [1.82, 2.24) is 4.98 Å². The average Bonchev–Trinajstić information content (AvgIpc) is 3.13. The SMILES string of the molecule is CCCOc1ccc(/C(O)=C2\C(=O)C(=O)N(c3cccc(OC)c3)C2c2ccncc2)cc1C. The molecule has 1 aliphatic heterocycles. The van der Waals surface area contributed by atoms with E-state index >= 15 is 0 Å². The summed E-state index contributed by atoms with van der Waals surface area (Å²) in [5, 5.41) is 11.3. The molecule has 3 aromatic rings. The summed E-state index contributed by atoms with van der Waals surface area (Å²) in [5.41, 5.74) is 2.41. The number of carbonyl (C=O) groups excluding carboxylic acids is 2. The van der Waals surface area contributed by atoms with Crippen LogP contribution in [0.2, 0.25) is 0 Å². The van der Waals surface area contributed by atoms with Crippen molar-refractivity contribution in [3.05, 3.63) is 89.3 Å². The van der Waals surface area contributed by atoms with Crippen molar-refractivity contribution in [3.8, 4) is 11.5 Å². The minimum absolute atomic E-state index is 0.0145. The van der Waals surface area contributed by atoms with Gasteiger partial charge in [0.25, 0.3) is 11.7 Å². The van der Waals surface area contributed by atoms with Crippen molar-refractivity contribution in [3.63, 3.8) is 0 Å². The number of aryl methyl sites for hydroxylation is 1. The van der Waals surface area contributed by atoms with Crippen LogP contribution in [0.1, 0.15) is 36.1 Å². The number of pyridine rings is 1. The quantitative estimate of drug-likeness (QED) is 0.310. The van der Waals surface area contributed by atoms with Gasteiger partial charge in [-0.05, 0) is 66.9 Å². The Labute approximate surface area is 198 Å². The zero-order valence-corrected chi connectivity index (χ0v) is 19.3. The van der Waals surface area contributed by atoms with E-state index in [1.807, 2.05) is 13.8 Å². The standard InChI is InChI=1S/C27H26N2O5/c1-4-14-34-22-9-8-19(15-17(22)2)25(30)23-24(18-10-12-28-13-11-18)29(27(32)26(23)31)20-6-5-7-21(16-20)33-3/h5-13,15-16,24,30H,4,14H2,1-3H3/b25-23+. The molecule has 0 bridgehead atoms. The van der Waals surface area contributed by atoms with E-state index in [0.29, 0.717) is 34.9 Å². The predicted molar refractivity (Wildman–Crippen MR) is 129 cm³/mol. The third-order valence-corrected chi connectivity index (χ3v) is 5.71. The van der Waals surface area contributed by atoms with Crippen molar-refractivity contribution in [2.45, 2.75) is 26.3 Å². The van der Waals surface area contributed by atoms with Gasteiger partial charge < -0.3 is 14.6 Å². The number of hydrogen-bond acceptors (Lipinski definition) is 6. The van der Waals surface area contributed by atoms with E-state index in [4.69, 9.17) is 9.47 Å². The number of ketones is 1. The molecule has 2 aromatic carbocycles. The number of hydrogen-bond donors (Lipinski definition) is 1.